The van der Waals surface area contributed by atoms with Gasteiger partial charge in [-0.25, -0.2) is 0 Å². The summed E-state index contributed by atoms with van der Waals surface area (Å²) in [5.74, 6) is 0. The van der Waals surface area contributed by atoms with Crippen LogP contribution in [0.1, 0.15) is 115 Å². The number of rotatable bonds is 13. The van der Waals surface area contributed by atoms with Gasteiger partial charge in [-0.15, -0.1) is 0 Å². The molecule has 0 fully saturated rings. The quantitative estimate of drug-likeness (QED) is 0.115. The minimum Gasteiger partial charge on any atom is -0.0654 e. The standard InChI is InChI=1S/C46H52/c1-6-8-10-12-16-36-20-25-39(26-21-36)46(40-27-22-37(23-28-40)17-13-11-9-7-2)44-31-33(3)19-29-42(44)43-30-24-38(32-45(43)46)41-18-14-15-34(4)35(41)5/h14-15,18-32H,6-13,16-17H2,1-5H3. The highest BCUT2D eigenvalue weighted by atomic mass is 14.5. The molecule has 6 rings (SSSR count). The van der Waals surface area contributed by atoms with E-state index in [0.717, 1.165) is 12.8 Å². The van der Waals surface area contributed by atoms with E-state index in [9.17, 15) is 0 Å². The van der Waals surface area contributed by atoms with Gasteiger partial charge in [0.1, 0.15) is 0 Å². The zero-order valence-corrected chi connectivity index (χ0v) is 28.9. The van der Waals surface area contributed by atoms with E-state index in [2.05, 4.69) is 138 Å². The van der Waals surface area contributed by atoms with Crippen LogP contribution in [0.5, 0.6) is 0 Å². The summed E-state index contributed by atoms with van der Waals surface area (Å²) >= 11 is 0. The Morgan fingerprint density at radius 3 is 1.59 bits per heavy atom. The molecular weight excluding hydrogens is 553 g/mol. The average molecular weight is 605 g/mol. The number of aryl methyl sites for hydroxylation is 4. The zero-order valence-electron chi connectivity index (χ0n) is 28.9. The van der Waals surface area contributed by atoms with Crippen LogP contribution in [0.15, 0.2) is 103 Å². The van der Waals surface area contributed by atoms with Crippen molar-refractivity contribution < 1.29 is 0 Å². The van der Waals surface area contributed by atoms with Crippen LogP contribution in [-0.4, -0.2) is 0 Å². The van der Waals surface area contributed by atoms with Crippen molar-refractivity contribution in [2.75, 3.05) is 0 Å². The monoisotopic (exact) mass is 604 g/mol. The van der Waals surface area contributed by atoms with Gasteiger partial charge in [-0.1, -0.05) is 155 Å². The second kappa shape index (κ2) is 14.3. The Labute approximate surface area is 278 Å². The first-order chi connectivity index (χ1) is 22.5. The Morgan fingerprint density at radius 2 is 1.02 bits per heavy atom. The number of unbranched alkanes of at least 4 members (excludes halogenated alkanes) is 6. The normalized spacial score (nSPS) is 13.1. The topological polar surface area (TPSA) is 0 Å². The van der Waals surface area contributed by atoms with Crippen LogP contribution in [-0.2, 0) is 18.3 Å². The minimum absolute atomic E-state index is 0.383. The third kappa shape index (κ3) is 6.12. The summed E-state index contributed by atoms with van der Waals surface area (Å²) in [7, 11) is 0. The van der Waals surface area contributed by atoms with E-state index in [0.29, 0.717) is 0 Å². The molecule has 0 spiro atoms. The van der Waals surface area contributed by atoms with Crippen molar-refractivity contribution in [1.82, 2.24) is 0 Å². The van der Waals surface area contributed by atoms with E-state index in [4.69, 9.17) is 0 Å². The third-order valence-electron chi connectivity index (χ3n) is 10.6. The number of benzene rings is 5. The van der Waals surface area contributed by atoms with Crippen LogP contribution >= 0.6 is 0 Å². The minimum atomic E-state index is -0.383. The van der Waals surface area contributed by atoms with Crippen LogP contribution in [0.2, 0.25) is 0 Å². The molecule has 0 aromatic heterocycles. The van der Waals surface area contributed by atoms with Crippen LogP contribution < -0.4 is 0 Å². The fraction of sp³-hybridized carbons (Fsp3) is 0.348. The number of hydrogen-bond acceptors (Lipinski definition) is 0. The highest BCUT2D eigenvalue weighted by molar-refractivity contribution is 5.89. The molecule has 0 atom stereocenters. The van der Waals surface area contributed by atoms with Crippen LogP contribution in [0, 0.1) is 20.8 Å². The molecule has 5 aromatic carbocycles. The van der Waals surface area contributed by atoms with Gasteiger partial charge < -0.3 is 0 Å². The molecule has 0 unspecified atom stereocenters. The average Bonchev–Trinajstić information content (AvgIpc) is 3.36. The van der Waals surface area contributed by atoms with E-state index in [-0.39, 0.29) is 5.41 Å². The van der Waals surface area contributed by atoms with Gasteiger partial charge in [0.05, 0.1) is 5.41 Å². The molecule has 0 nitrogen and oxygen atoms in total. The second-order valence-corrected chi connectivity index (χ2v) is 13.8. The van der Waals surface area contributed by atoms with Gasteiger partial charge >= 0.3 is 0 Å². The van der Waals surface area contributed by atoms with Crippen molar-refractivity contribution in [3.8, 4) is 22.3 Å². The maximum Gasteiger partial charge on any atom is 0.0713 e. The largest absolute Gasteiger partial charge is 0.0713 e. The SMILES string of the molecule is CCCCCCc1ccc(C2(c3ccc(CCCCCC)cc3)c3cc(C)ccc3-c3ccc(-c4cccc(C)c4C)cc32)cc1. The molecule has 46 heavy (non-hydrogen) atoms. The van der Waals surface area contributed by atoms with E-state index < -0.39 is 0 Å². The van der Waals surface area contributed by atoms with Crippen molar-refractivity contribution in [3.63, 3.8) is 0 Å². The molecule has 1 aliphatic carbocycles. The lowest BCUT2D eigenvalue weighted by atomic mass is 9.67. The molecule has 0 bridgehead atoms. The fourth-order valence-electron chi connectivity index (χ4n) is 7.81. The molecule has 0 radical (unpaired) electrons. The van der Waals surface area contributed by atoms with E-state index in [1.54, 1.807) is 0 Å². The Balaban J connectivity index is 1.54. The lowest BCUT2D eigenvalue weighted by molar-refractivity contribution is 0.666. The molecule has 0 heterocycles. The predicted octanol–water partition coefficient (Wildman–Crippen LogP) is 12.9. The fourth-order valence-corrected chi connectivity index (χ4v) is 7.81. The molecule has 0 saturated carbocycles. The highest BCUT2D eigenvalue weighted by Crippen LogP contribution is 2.57. The Morgan fingerprint density at radius 1 is 0.478 bits per heavy atom. The summed E-state index contributed by atoms with van der Waals surface area (Å²) in [6.45, 7) is 11.3. The summed E-state index contributed by atoms with van der Waals surface area (Å²) < 4.78 is 0. The van der Waals surface area contributed by atoms with Gasteiger partial charge in [-0.2, -0.15) is 0 Å². The van der Waals surface area contributed by atoms with Crippen molar-refractivity contribution >= 4 is 0 Å². The lowest BCUT2D eigenvalue weighted by Crippen LogP contribution is -2.29. The summed E-state index contributed by atoms with van der Waals surface area (Å²) in [6.07, 6.45) is 12.7. The molecule has 0 N–H and O–H groups in total. The molecular formula is C46H52. The van der Waals surface area contributed by atoms with Crippen molar-refractivity contribution in [3.05, 3.63) is 153 Å². The maximum atomic E-state index is 2.52. The van der Waals surface area contributed by atoms with E-state index in [1.165, 1.54) is 124 Å². The molecule has 0 heteroatoms. The highest BCUT2D eigenvalue weighted by Gasteiger charge is 2.46. The van der Waals surface area contributed by atoms with Gasteiger partial charge in [0.25, 0.3) is 0 Å². The molecule has 0 amide bonds. The van der Waals surface area contributed by atoms with Crippen molar-refractivity contribution in [2.24, 2.45) is 0 Å². The Hall–Kier alpha value is -3.90. The van der Waals surface area contributed by atoms with Crippen molar-refractivity contribution in [2.45, 2.75) is 104 Å². The number of fused-ring (bicyclic) bond motifs is 3. The first-order valence-electron chi connectivity index (χ1n) is 18.0. The van der Waals surface area contributed by atoms with E-state index >= 15 is 0 Å². The van der Waals surface area contributed by atoms with Crippen LogP contribution in [0.4, 0.5) is 0 Å². The first-order valence-corrected chi connectivity index (χ1v) is 18.0. The first kappa shape index (κ1) is 32.1. The smallest absolute Gasteiger partial charge is 0.0654 e. The van der Waals surface area contributed by atoms with Crippen molar-refractivity contribution in [1.29, 1.82) is 0 Å². The number of hydrogen-bond donors (Lipinski definition) is 0. The Kier molecular flexibility index (Phi) is 9.93. The van der Waals surface area contributed by atoms with Gasteiger partial charge in [-0.3, -0.25) is 0 Å². The van der Waals surface area contributed by atoms with E-state index in [1.807, 2.05) is 0 Å². The summed E-state index contributed by atoms with van der Waals surface area (Å²) in [5, 5.41) is 0. The maximum absolute atomic E-state index is 2.52. The third-order valence-corrected chi connectivity index (χ3v) is 10.6. The molecule has 5 aromatic rings. The van der Waals surface area contributed by atoms with Gasteiger partial charge in [0.2, 0.25) is 0 Å². The summed E-state index contributed by atoms with van der Waals surface area (Å²) in [4.78, 5) is 0. The molecule has 236 valence electrons. The van der Waals surface area contributed by atoms with Crippen LogP contribution in [0.25, 0.3) is 22.3 Å². The molecule has 0 aliphatic heterocycles. The van der Waals surface area contributed by atoms with Gasteiger partial charge in [0.15, 0.2) is 0 Å². The van der Waals surface area contributed by atoms with Gasteiger partial charge in [0, 0.05) is 0 Å². The Bertz CT molecular complexity index is 1710. The molecule has 1 aliphatic rings. The summed E-state index contributed by atoms with van der Waals surface area (Å²) in [6, 6.07) is 40.5. The van der Waals surface area contributed by atoms with Gasteiger partial charge in [-0.05, 0) is 119 Å². The predicted molar refractivity (Wildman–Crippen MR) is 199 cm³/mol. The second-order valence-electron chi connectivity index (χ2n) is 13.8. The summed E-state index contributed by atoms with van der Waals surface area (Å²) in [5.41, 5.74) is 17.4. The zero-order chi connectivity index (χ0) is 32.1. The lowest BCUT2D eigenvalue weighted by Gasteiger charge is -2.34. The van der Waals surface area contributed by atoms with Crippen LogP contribution in [0.3, 0.4) is 0 Å². The molecule has 0 saturated heterocycles.